The first-order valence-corrected chi connectivity index (χ1v) is 12.2. The summed E-state index contributed by atoms with van der Waals surface area (Å²) in [4.78, 5) is 13.9. The lowest BCUT2D eigenvalue weighted by Crippen LogP contribution is -2.20. The Morgan fingerprint density at radius 1 is 0.895 bits per heavy atom. The average molecular weight is 511 g/mol. The van der Waals surface area contributed by atoms with E-state index in [1.807, 2.05) is 48.9 Å². The molecule has 10 heteroatoms. The van der Waals surface area contributed by atoms with Crippen LogP contribution in [0.5, 0.6) is 0 Å². The van der Waals surface area contributed by atoms with Crippen LogP contribution in [0, 0.1) is 19.7 Å². The molecule has 8 nitrogen and oxygen atoms in total. The highest BCUT2D eigenvalue weighted by Crippen LogP contribution is 2.27. The maximum Gasteiger partial charge on any atom is 0.254 e. The molecule has 190 valence electrons. The molecular formula is C28H24F2N8. The molecular weight excluding hydrogens is 486 g/mol. The number of fused-ring (bicyclic) bond motifs is 1. The predicted octanol–water partition coefficient (Wildman–Crippen LogP) is 5.54. The van der Waals surface area contributed by atoms with E-state index in [1.165, 1.54) is 19.1 Å². The summed E-state index contributed by atoms with van der Waals surface area (Å²) in [6, 6.07) is 14.7. The van der Waals surface area contributed by atoms with Gasteiger partial charge in [-0.15, -0.1) is 5.10 Å². The van der Waals surface area contributed by atoms with Gasteiger partial charge in [-0.3, -0.25) is 9.25 Å². The van der Waals surface area contributed by atoms with Crippen LogP contribution in [0.15, 0.2) is 79.4 Å². The largest absolute Gasteiger partial charge is 0.286 e. The molecule has 0 saturated carbocycles. The zero-order chi connectivity index (χ0) is 26.4. The van der Waals surface area contributed by atoms with Crippen molar-refractivity contribution >= 4 is 5.65 Å². The first-order chi connectivity index (χ1) is 18.4. The number of hydrogen-bond donors (Lipinski definition) is 0. The highest BCUT2D eigenvalue weighted by Gasteiger charge is 2.22. The van der Waals surface area contributed by atoms with Gasteiger partial charge in [-0.05, 0) is 68.8 Å². The number of aromatic nitrogens is 8. The van der Waals surface area contributed by atoms with Crippen LogP contribution in [0.1, 0.15) is 29.9 Å². The van der Waals surface area contributed by atoms with E-state index in [-0.39, 0.29) is 5.82 Å². The number of benzene rings is 1. The SMILES string of the molecule is Cc1ccc(C)n1-c1nc2cc(-c3nccc(-c4cnn(C(c5ccc(F)cc5)C(C)F)c4)n3)ccn2n1. The van der Waals surface area contributed by atoms with Gasteiger partial charge in [0.1, 0.15) is 18.0 Å². The van der Waals surface area contributed by atoms with Crippen LogP contribution in [-0.2, 0) is 0 Å². The third kappa shape index (κ3) is 4.23. The molecule has 0 spiro atoms. The second-order valence-corrected chi connectivity index (χ2v) is 9.23. The summed E-state index contributed by atoms with van der Waals surface area (Å²) in [6.07, 6.45) is 5.65. The van der Waals surface area contributed by atoms with Crippen molar-refractivity contribution in [1.29, 1.82) is 0 Å². The number of pyridine rings is 1. The standard InChI is InChI=1S/C28H24F2N8/c1-17-4-5-18(2)38(17)28-34-25-14-21(11-13-36(25)35-28)27-31-12-10-24(33-27)22-15-32-37(16-22)26(19(3)29)20-6-8-23(30)9-7-20/h4-16,19,26H,1-3H3. The fraction of sp³-hybridized carbons (Fsp3) is 0.179. The average Bonchev–Trinajstić information content (AvgIpc) is 3.63. The van der Waals surface area contributed by atoms with Gasteiger partial charge in [0.05, 0.1) is 11.9 Å². The topological polar surface area (TPSA) is 78.7 Å². The minimum absolute atomic E-state index is 0.371. The Labute approximate surface area is 217 Å². The third-order valence-electron chi connectivity index (χ3n) is 6.54. The molecule has 0 saturated heterocycles. The quantitative estimate of drug-likeness (QED) is 0.294. The summed E-state index contributed by atoms with van der Waals surface area (Å²) in [6.45, 7) is 5.49. The lowest BCUT2D eigenvalue weighted by Gasteiger charge is -2.19. The monoisotopic (exact) mass is 510 g/mol. The Bertz CT molecular complexity index is 1730. The van der Waals surface area contributed by atoms with Gasteiger partial charge >= 0.3 is 0 Å². The Balaban J connectivity index is 1.32. The maximum atomic E-state index is 14.6. The molecule has 0 aliphatic heterocycles. The molecule has 0 amide bonds. The second-order valence-electron chi connectivity index (χ2n) is 9.23. The van der Waals surface area contributed by atoms with Gasteiger partial charge in [-0.1, -0.05) is 12.1 Å². The molecule has 2 atom stereocenters. The molecule has 0 radical (unpaired) electrons. The molecule has 5 aromatic heterocycles. The van der Waals surface area contributed by atoms with Gasteiger partial charge in [0.15, 0.2) is 11.5 Å². The summed E-state index contributed by atoms with van der Waals surface area (Å²) < 4.78 is 33.3. The minimum Gasteiger partial charge on any atom is -0.286 e. The van der Waals surface area contributed by atoms with Crippen molar-refractivity contribution in [3.8, 4) is 28.6 Å². The van der Waals surface area contributed by atoms with Crippen LogP contribution >= 0.6 is 0 Å². The number of hydrogen-bond acceptors (Lipinski definition) is 5. The molecule has 0 N–H and O–H groups in total. The Morgan fingerprint density at radius 3 is 2.39 bits per heavy atom. The predicted molar refractivity (Wildman–Crippen MR) is 139 cm³/mol. The van der Waals surface area contributed by atoms with E-state index < -0.39 is 12.2 Å². The Kier molecular flexibility index (Phi) is 5.79. The van der Waals surface area contributed by atoms with Crippen molar-refractivity contribution in [3.05, 3.63) is 102 Å². The van der Waals surface area contributed by atoms with Crippen molar-refractivity contribution in [2.24, 2.45) is 0 Å². The number of aryl methyl sites for hydroxylation is 2. The van der Waals surface area contributed by atoms with E-state index in [2.05, 4.69) is 15.2 Å². The summed E-state index contributed by atoms with van der Waals surface area (Å²) in [7, 11) is 0. The lowest BCUT2D eigenvalue weighted by atomic mass is 10.0. The van der Waals surface area contributed by atoms with Crippen molar-refractivity contribution in [3.63, 3.8) is 0 Å². The van der Waals surface area contributed by atoms with Gasteiger partial charge < -0.3 is 0 Å². The first-order valence-electron chi connectivity index (χ1n) is 12.2. The Morgan fingerprint density at radius 2 is 1.66 bits per heavy atom. The van der Waals surface area contributed by atoms with Gasteiger partial charge in [0, 0.05) is 41.1 Å². The molecule has 6 aromatic rings. The van der Waals surface area contributed by atoms with Crippen LogP contribution < -0.4 is 0 Å². The number of rotatable bonds is 6. The van der Waals surface area contributed by atoms with E-state index in [4.69, 9.17) is 9.97 Å². The van der Waals surface area contributed by atoms with Gasteiger partial charge in [0.25, 0.3) is 5.95 Å². The van der Waals surface area contributed by atoms with Crippen LogP contribution in [0.4, 0.5) is 8.78 Å². The number of halogens is 2. The molecule has 0 fully saturated rings. The van der Waals surface area contributed by atoms with Crippen LogP contribution in [0.3, 0.4) is 0 Å². The van der Waals surface area contributed by atoms with E-state index >= 15 is 0 Å². The van der Waals surface area contributed by atoms with Crippen molar-refractivity contribution in [2.45, 2.75) is 33.0 Å². The van der Waals surface area contributed by atoms with E-state index in [0.717, 1.165) is 17.0 Å². The van der Waals surface area contributed by atoms with Gasteiger partial charge in [-0.2, -0.15) is 10.1 Å². The summed E-state index contributed by atoms with van der Waals surface area (Å²) in [5, 5.41) is 9.00. The second kappa shape index (κ2) is 9.29. The zero-order valence-corrected chi connectivity index (χ0v) is 21.0. The fourth-order valence-electron chi connectivity index (χ4n) is 4.66. The van der Waals surface area contributed by atoms with Gasteiger partial charge in [-0.25, -0.2) is 23.3 Å². The first kappa shape index (κ1) is 23.7. The van der Waals surface area contributed by atoms with Crippen LogP contribution in [0.25, 0.3) is 34.2 Å². The van der Waals surface area contributed by atoms with Crippen molar-refractivity contribution in [2.75, 3.05) is 0 Å². The molecule has 6 rings (SSSR count). The van der Waals surface area contributed by atoms with E-state index in [0.29, 0.717) is 34.2 Å². The van der Waals surface area contributed by atoms with Crippen molar-refractivity contribution in [1.82, 2.24) is 38.9 Å². The van der Waals surface area contributed by atoms with Crippen molar-refractivity contribution < 1.29 is 8.78 Å². The number of nitrogens with zero attached hydrogens (tertiary/aromatic N) is 8. The zero-order valence-electron chi connectivity index (χ0n) is 21.0. The van der Waals surface area contributed by atoms with Crippen LogP contribution in [-0.4, -0.2) is 45.1 Å². The molecule has 38 heavy (non-hydrogen) atoms. The lowest BCUT2D eigenvalue weighted by molar-refractivity contribution is 0.267. The molecule has 0 bridgehead atoms. The molecule has 0 aliphatic rings. The van der Waals surface area contributed by atoms with E-state index in [1.54, 1.807) is 46.0 Å². The fourth-order valence-corrected chi connectivity index (χ4v) is 4.66. The molecule has 1 aromatic carbocycles. The number of alkyl halides is 1. The Hall–Kier alpha value is -4.73. The summed E-state index contributed by atoms with van der Waals surface area (Å²) >= 11 is 0. The van der Waals surface area contributed by atoms with Gasteiger partial charge in [0.2, 0.25) is 0 Å². The third-order valence-corrected chi connectivity index (χ3v) is 6.54. The maximum absolute atomic E-state index is 14.6. The molecule has 2 unspecified atom stereocenters. The highest BCUT2D eigenvalue weighted by atomic mass is 19.1. The minimum atomic E-state index is -1.24. The van der Waals surface area contributed by atoms with Crippen LogP contribution in [0.2, 0.25) is 0 Å². The summed E-state index contributed by atoms with van der Waals surface area (Å²) in [5.41, 5.74) is 5.56. The normalized spacial score (nSPS) is 13.2. The molecule has 0 aliphatic carbocycles. The summed E-state index contributed by atoms with van der Waals surface area (Å²) in [5.74, 6) is 0.746. The van der Waals surface area contributed by atoms with E-state index in [9.17, 15) is 8.78 Å². The molecule has 5 heterocycles. The highest BCUT2D eigenvalue weighted by molar-refractivity contribution is 5.65. The smallest absolute Gasteiger partial charge is 0.254 e.